The lowest BCUT2D eigenvalue weighted by Crippen LogP contribution is -2.36. The van der Waals surface area contributed by atoms with Gasteiger partial charge < -0.3 is 9.47 Å². The number of sulfonamides is 1. The summed E-state index contributed by atoms with van der Waals surface area (Å²) in [5.41, 5.74) is 0.673. The SMILES string of the molecule is COc1ccc(C(C)(C)CNS(=O)(=O)c2ccc(OC)cc2)cc1. The molecule has 2 rings (SSSR count). The molecular weight excluding hydrogens is 326 g/mol. The van der Waals surface area contributed by atoms with Crippen LogP contribution in [0.5, 0.6) is 11.5 Å². The van der Waals surface area contributed by atoms with Crippen LogP contribution in [0.25, 0.3) is 0 Å². The van der Waals surface area contributed by atoms with E-state index in [1.165, 1.54) is 12.1 Å². The van der Waals surface area contributed by atoms with Crippen molar-refractivity contribution in [3.05, 3.63) is 54.1 Å². The van der Waals surface area contributed by atoms with Crippen LogP contribution in [0, 0.1) is 0 Å². The molecule has 0 spiro atoms. The normalized spacial score (nSPS) is 12.0. The molecule has 1 N–H and O–H groups in total. The van der Waals surface area contributed by atoms with Crippen LogP contribution >= 0.6 is 0 Å². The summed E-state index contributed by atoms with van der Waals surface area (Å²) in [6, 6.07) is 13.9. The Labute approximate surface area is 143 Å². The van der Waals surface area contributed by atoms with Gasteiger partial charge in [0.05, 0.1) is 19.1 Å². The van der Waals surface area contributed by atoms with Gasteiger partial charge in [0.2, 0.25) is 10.0 Å². The van der Waals surface area contributed by atoms with E-state index in [-0.39, 0.29) is 16.9 Å². The van der Waals surface area contributed by atoms with Gasteiger partial charge in [-0.05, 0) is 42.0 Å². The minimum Gasteiger partial charge on any atom is -0.497 e. The van der Waals surface area contributed by atoms with Crippen molar-refractivity contribution in [3.63, 3.8) is 0 Å². The topological polar surface area (TPSA) is 64.6 Å². The van der Waals surface area contributed by atoms with Crippen molar-refractivity contribution in [2.75, 3.05) is 20.8 Å². The maximum atomic E-state index is 12.4. The molecule has 0 amide bonds. The number of methoxy groups -OCH3 is 2. The van der Waals surface area contributed by atoms with Crippen molar-refractivity contribution in [2.45, 2.75) is 24.2 Å². The number of hydrogen-bond acceptors (Lipinski definition) is 4. The van der Waals surface area contributed by atoms with Crippen molar-refractivity contribution in [1.29, 1.82) is 0 Å². The van der Waals surface area contributed by atoms with E-state index in [9.17, 15) is 8.42 Å². The number of nitrogens with one attached hydrogen (secondary N) is 1. The Bertz CT molecular complexity index is 766. The predicted octanol–water partition coefficient (Wildman–Crippen LogP) is 2.96. The average Bonchev–Trinajstić information content (AvgIpc) is 2.60. The molecule has 5 nitrogen and oxygen atoms in total. The summed E-state index contributed by atoms with van der Waals surface area (Å²) in [5, 5.41) is 0. The number of hydrogen-bond donors (Lipinski definition) is 1. The third-order valence-corrected chi connectivity index (χ3v) is 5.36. The second-order valence-corrected chi connectivity index (χ2v) is 7.88. The number of benzene rings is 2. The first-order valence-electron chi connectivity index (χ1n) is 7.57. The Balaban J connectivity index is 2.11. The fraction of sp³-hybridized carbons (Fsp3) is 0.333. The van der Waals surface area contributed by atoms with E-state index in [1.54, 1.807) is 26.4 Å². The van der Waals surface area contributed by atoms with Crippen LogP contribution in [0.2, 0.25) is 0 Å². The molecule has 0 saturated carbocycles. The second kappa shape index (κ2) is 7.23. The van der Waals surface area contributed by atoms with Gasteiger partial charge in [-0.15, -0.1) is 0 Å². The van der Waals surface area contributed by atoms with Crippen LogP contribution in [0.3, 0.4) is 0 Å². The van der Waals surface area contributed by atoms with Crippen LogP contribution in [0.1, 0.15) is 19.4 Å². The average molecular weight is 349 g/mol. The summed E-state index contributed by atoms with van der Waals surface area (Å²) < 4.78 is 37.8. The largest absolute Gasteiger partial charge is 0.497 e. The van der Waals surface area contributed by atoms with E-state index in [1.807, 2.05) is 38.1 Å². The summed E-state index contributed by atoms with van der Waals surface area (Å²) in [6.45, 7) is 4.27. The quantitative estimate of drug-likeness (QED) is 0.835. The van der Waals surface area contributed by atoms with Gasteiger partial charge in [0.1, 0.15) is 11.5 Å². The fourth-order valence-electron chi connectivity index (χ4n) is 2.26. The minimum absolute atomic E-state index is 0.217. The molecular formula is C18H23NO4S. The first-order valence-corrected chi connectivity index (χ1v) is 9.05. The zero-order chi connectivity index (χ0) is 17.8. The third kappa shape index (κ3) is 4.27. The highest BCUT2D eigenvalue weighted by Crippen LogP contribution is 2.25. The maximum Gasteiger partial charge on any atom is 0.240 e. The molecule has 0 fully saturated rings. The maximum absolute atomic E-state index is 12.4. The van der Waals surface area contributed by atoms with Gasteiger partial charge in [-0.1, -0.05) is 26.0 Å². The Morgan fingerprint density at radius 2 is 1.33 bits per heavy atom. The summed E-state index contributed by atoms with van der Waals surface area (Å²) in [6.07, 6.45) is 0. The predicted molar refractivity (Wildman–Crippen MR) is 94.2 cm³/mol. The lowest BCUT2D eigenvalue weighted by molar-refractivity contribution is 0.413. The molecule has 0 aliphatic rings. The molecule has 2 aromatic carbocycles. The van der Waals surface area contributed by atoms with E-state index < -0.39 is 10.0 Å². The highest BCUT2D eigenvalue weighted by Gasteiger charge is 2.24. The van der Waals surface area contributed by atoms with Gasteiger partial charge in [0, 0.05) is 12.0 Å². The van der Waals surface area contributed by atoms with Gasteiger partial charge in [-0.25, -0.2) is 13.1 Å². The van der Waals surface area contributed by atoms with Crippen molar-refractivity contribution in [3.8, 4) is 11.5 Å². The summed E-state index contributed by atoms with van der Waals surface area (Å²) in [4.78, 5) is 0.217. The monoisotopic (exact) mass is 349 g/mol. The summed E-state index contributed by atoms with van der Waals surface area (Å²) in [7, 11) is -0.414. The molecule has 0 atom stereocenters. The Kier molecular flexibility index (Phi) is 5.51. The van der Waals surface area contributed by atoms with E-state index in [2.05, 4.69) is 4.72 Å². The highest BCUT2D eigenvalue weighted by atomic mass is 32.2. The van der Waals surface area contributed by atoms with E-state index >= 15 is 0 Å². The molecule has 6 heteroatoms. The lowest BCUT2D eigenvalue weighted by atomic mass is 9.85. The fourth-order valence-corrected chi connectivity index (χ4v) is 3.47. The van der Waals surface area contributed by atoms with Gasteiger partial charge in [-0.3, -0.25) is 0 Å². The van der Waals surface area contributed by atoms with Gasteiger partial charge >= 0.3 is 0 Å². The standard InChI is InChI=1S/C18H23NO4S/c1-18(2,14-5-7-15(22-3)8-6-14)13-19-24(20,21)17-11-9-16(23-4)10-12-17/h5-12,19H,13H2,1-4H3. The first-order chi connectivity index (χ1) is 11.3. The van der Waals surface area contributed by atoms with E-state index in [0.29, 0.717) is 5.75 Å². The molecule has 0 radical (unpaired) electrons. The summed E-state index contributed by atoms with van der Waals surface area (Å²) >= 11 is 0. The summed E-state index contributed by atoms with van der Waals surface area (Å²) in [5.74, 6) is 1.39. The van der Waals surface area contributed by atoms with Crippen molar-refractivity contribution in [1.82, 2.24) is 4.72 Å². The van der Waals surface area contributed by atoms with Crippen molar-refractivity contribution < 1.29 is 17.9 Å². The molecule has 2 aromatic rings. The van der Waals surface area contributed by atoms with E-state index in [0.717, 1.165) is 11.3 Å². The Hall–Kier alpha value is -2.05. The molecule has 0 heterocycles. The highest BCUT2D eigenvalue weighted by molar-refractivity contribution is 7.89. The molecule has 0 saturated heterocycles. The van der Waals surface area contributed by atoms with Gasteiger partial charge in [-0.2, -0.15) is 0 Å². The second-order valence-electron chi connectivity index (χ2n) is 6.11. The van der Waals surface area contributed by atoms with Crippen LogP contribution < -0.4 is 14.2 Å². The smallest absolute Gasteiger partial charge is 0.240 e. The molecule has 24 heavy (non-hydrogen) atoms. The zero-order valence-electron chi connectivity index (χ0n) is 14.4. The molecule has 130 valence electrons. The van der Waals surface area contributed by atoms with Crippen molar-refractivity contribution in [2.24, 2.45) is 0 Å². The molecule has 0 unspecified atom stereocenters. The Morgan fingerprint density at radius 1 is 0.875 bits per heavy atom. The van der Waals surface area contributed by atoms with Crippen LogP contribution in [0.15, 0.2) is 53.4 Å². The van der Waals surface area contributed by atoms with E-state index in [4.69, 9.17) is 9.47 Å². The number of rotatable bonds is 7. The Morgan fingerprint density at radius 3 is 1.79 bits per heavy atom. The van der Waals surface area contributed by atoms with Crippen LogP contribution in [0.4, 0.5) is 0 Å². The number of ether oxygens (including phenoxy) is 2. The van der Waals surface area contributed by atoms with Crippen LogP contribution in [-0.2, 0) is 15.4 Å². The molecule has 0 aromatic heterocycles. The van der Waals surface area contributed by atoms with Crippen molar-refractivity contribution >= 4 is 10.0 Å². The molecule has 0 bridgehead atoms. The lowest BCUT2D eigenvalue weighted by Gasteiger charge is -2.25. The zero-order valence-corrected chi connectivity index (χ0v) is 15.2. The first kappa shape index (κ1) is 18.3. The van der Waals surface area contributed by atoms with Crippen LogP contribution in [-0.4, -0.2) is 29.2 Å². The van der Waals surface area contributed by atoms with Gasteiger partial charge in [0.25, 0.3) is 0 Å². The third-order valence-electron chi connectivity index (χ3n) is 3.95. The molecule has 0 aliphatic heterocycles. The minimum atomic E-state index is -3.57. The van der Waals surface area contributed by atoms with Gasteiger partial charge in [0.15, 0.2) is 0 Å². The molecule has 0 aliphatic carbocycles.